The molecule has 3 nitrogen and oxygen atoms in total. The van der Waals surface area contributed by atoms with E-state index in [1.165, 1.54) is 12.8 Å². The number of carbonyl (C=O) groups excluding carboxylic acids is 1. The molecule has 1 atom stereocenters. The largest absolute Gasteiger partial charge is 0.350 e. The van der Waals surface area contributed by atoms with Crippen molar-refractivity contribution in [2.75, 3.05) is 12.8 Å². The molecule has 0 bridgehead atoms. The standard InChI is InChI=1S/C13H17ClN2OS/c1-18-9-4-5-11(14)10(6-9)13(17)16-7-12(15)8-2-3-8/h4-6,8,12H,2-3,7,15H2,1H3,(H,16,17). The van der Waals surface area contributed by atoms with Gasteiger partial charge in [-0.05, 0) is 43.2 Å². The first-order chi connectivity index (χ1) is 8.61. The first-order valence-corrected chi connectivity index (χ1v) is 7.59. The fourth-order valence-electron chi connectivity index (χ4n) is 1.80. The number of carbonyl (C=O) groups is 1. The minimum Gasteiger partial charge on any atom is -0.350 e. The van der Waals surface area contributed by atoms with Gasteiger partial charge in [0.1, 0.15) is 0 Å². The van der Waals surface area contributed by atoms with Crippen molar-refractivity contribution in [2.24, 2.45) is 11.7 Å². The van der Waals surface area contributed by atoms with Crippen molar-refractivity contribution in [2.45, 2.75) is 23.8 Å². The number of halogens is 1. The number of nitrogens with two attached hydrogens (primary N) is 1. The highest BCUT2D eigenvalue weighted by molar-refractivity contribution is 7.98. The predicted octanol–water partition coefficient (Wildman–Crippen LogP) is 2.53. The van der Waals surface area contributed by atoms with Crippen molar-refractivity contribution < 1.29 is 4.79 Å². The lowest BCUT2D eigenvalue weighted by Gasteiger charge is -2.12. The van der Waals surface area contributed by atoms with E-state index in [0.29, 0.717) is 23.0 Å². The second kappa shape index (κ2) is 5.95. The number of amides is 1. The summed E-state index contributed by atoms with van der Waals surface area (Å²) in [6, 6.07) is 5.53. The SMILES string of the molecule is CSc1ccc(Cl)c(C(=O)NCC(N)C2CC2)c1. The Kier molecular flexibility index (Phi) is 4.54. The summed E-state index contributed by atoms with van der Waals surface area (Å²) in [7, 11) is 0. The fourth-order valence-corrected chi connectivity index (χ4v) is 2.45. The zero-order valence-corrected chi connectivity index (χ0v) is 11.9. The normalized spacial score (nSPS) is 16.4. The Labute approximate surface area is 116 Å². The van der Waals surface area contributed by atoms with Crippen LogP contribution in [0, 0.1) is 5.92 Å². The van der Waals surface area contributed by atoms with E-state index in [1.54, 1.807) is 17.8 Å². The topological polar surface area (TPSA) is 55.1 Å². The average molecular weight is 285 g/mol. The van der Waals surface area contributed by atoms with E-state index in [-0.39, 0.29) is 11.9 Å². The van der Waals surface area contributed by atoms with Gasteiger partial charge in [-0.2, -0.15) is 0 Å². The van der Waals surface area contributed by atoms with E-state index in [0.717, 1.165) is 4.90 Å². The maximum absolute atomic E-state index is 12.0. The van der Waals surface area contributed by atoms with Crippen molar-refractivity contribution in [3.05, 3.63) is 28.8 Å². The Morgan fingerprint density at radius 2 is 2.33 bits per heavy atom. The molecule has 1 fully saturated rings. The van der Waals surface area contributed by atoms with Gasteiger partial charge in [-0.1, -0.05) is 11.6 Å². The van der Waals surface area contributed by atoms with E-state index in [2.05, 4.69) is 5.32 Å². The van der Waals surface area contributed by atoms with Crippen LogP contribution in [0.15, 0.2) is 23.1 Å². The molecule has 1 saturated carbocycles. The first kappa shape index (κ1) is 13.7. The molecule has 5 heteroatoms. The zero-order chi connectivity index (χ0) is 13.1. The highest BCUT2D eigenvalue weighted by atomic mass is 35.5. The molecule has 1 aromatic carbocycles. The van der Waals surface area contributed by atoms with Crippen LogP contribution in [0.1, 0.15) is 23.2 Å². The van der Waals surface area contributed by atoms with Gasteiger partial charge in [-0.3, -0.25) is 4.79 Å². The number of thioether (sulfide) groups is 1. The number of hydrogen-bond acceptors (Lipinski definition) is 3. The smallest absolute Gasteiger partial charge is 0.252 e. The van der Waals surface area contributed by atoms with Crippen molar-refractivity contribution in [1.82, 2.24) is 5.32 Å². The second-order valence-corrected chi connectivity index (χ2v) is 5.84. The highest BCUT2D eigenvalue weighted by Gasteiger charge is 2.28. The van der Waals surface area contributed by atoms with E-state index in [1.807, 2.05) is 18.4 Å². The molecule has 1 amide bonds. The molecule has 0 aromatic heterocycles. The summed E-state index contributed by atoms with van der Waals surface area (Å²) in [6.45, 7) is 0.517. The van der Waals surface area contributed by atoms with Crippen molar-refractivity contribution >= 4 is 29.3 Å². The Morgan fingerprint density at radius 1 is 1.61 bits per heavy atom. The molecule has 1 aromatic rings. The molecule has 0 saturated heterocycles. The maximum atomic E-state index is 12.0. The van der Waals surface area contributed by atoms with Gasteiger partial charge >= 0.3 is 0 Å². The number of benzene rings is 1. The summed E-state index contributed by atoms with van der Waals surface area (Å²) < 4.78 is 0. The van der Waals surface area contributed by atoms with Gasteiger partial charge in [-0.25, -0.2) is 0 Å². The van der Waals surface area contributed by atoms with Crippen molar-refractivity contribution in [3.8, 4) is 0 Å². The molecule has 0 aliphatic heterocycles. The Morgan fingerprint density at radius 3 is 2.94 bits per heavy atom. The van der Waals surface area contributed by atoms with Crippen molar-refractivity contribution in [3.63, 3.8) is 0 Å². The van der Waals surface area contributed by atoms with Gasteiger partial charge in [0.15, 0.2) is 0 Å². The molecular weight excluding hydrogens is 268 g/mol. The molecule has 3 N–H and O–H groups in total. The average Bonchev–Trinajstić information content (AvgIpc) is 3.20. The summed E-state index contributed by atoms with van der Waals surface area (Å²) in [5.74, 6) is 0.435. The Balaban J connectivity index is 1.98. The monoisotopic (exact) mass is 284 g/mol. The van der Waals surface area contributed by atoms with Gasteiger partial charge in [0.25, 0.3) is 5.91 Å². The van der Waals surface area contributed by atoms with Crippen LogP contribution in [-0.2, 0) is 0 Å². The van der Waals surface area contributed by atoms with Crippen LogP contribution in [0.25, 0.3) is 0 Å². The molecule has 0 heterocycles. The lowest BCUT2D eigenvalue weighted by Crippen LogP contribution is -2.38. The third kappa shape index (κ3) is 3.40. The number of rotatable bonds is 5. The highest BCUT2D eigenvalue weighted by Crippen LogP contribution is 2.31. The van der Waals surface area contributed by atoms with Crippen LogP contribution in [0.2, 0.25) is 5.02 Å². The van der Waals surface area contributed by atoms with E-state index >= 15 is 0 Å². The van der Waals surface area contributed by atoms with Crippen LogP contribution < -0.4 is 11.1 Å². The van der Waals surface area contributed by atoms with Crippen LogP contribution >= 0.6 is 23.4 Å². The van der Waals surface area contributed by atoms with Gasteiger partial charge in [-0.15, -0.1) is 11.8 Å². The molecule has 1 unspecified atom stereocenters. The zero-order valence-electron chi connectivity index (χ0n) is 10.3. The second-order valence-electron chi connectivity index (χ2n) is 4.56. The molecule has 2 rings (SSSR count). The van der Waals surface area contributed by atoms with Crippen molar-refractivity contribution in [1.29, 1.82) is 0 Å². The summed E-state index contributed by atoms with van der Waals surface area (Å²) in [6.07, 6.45) is 4.33. The number of nitrogens with one attached hydrogen (secondary N) is 1. The van der Waals surface area contributed by atoms with Crippen LogP contribution in [0.3, 0.4) is 0 Å². The first-order valence-electron chi connectivity index (χ1n) is 5.99. The third-order valence-electron chi connectivity index (χ3n) is 3.14. The van der Waals surface area contributed by atoms with Crippen LogP contribution in [0.4, 0.5) is 0 Å². The van der Waals surface area contributed by atoms with Gasteiger partial charge in [0.2, 0.25) is 0 Å². The predicted molar refractivity (Wildman–Crippen MR) is 76.3 cm³/mol. The third-order valence-corrected chi connectivity index (χ3v) is 4.20. The minimum atomic E-state index is -0.146. The molecule has 18 heavy (non-hydrogen) atoms. The Hall–Kier alpha value is -0.710. The fraction of sp³-hybridized carbons (Fsp3) is 0.462. The molecule has 1 aliphatic rings. The van der Waals surface area contributed by atoms with E-state index in [4.69, 9.17) is 17.3 Å². The minimum absolute atomic E-state index is 0.0662. The molecule has 0 radical (unpaired) electrons. The molecule has 1 aliphatic carbocycles. The summed E-state index contributed by atoms with van der Waals surface area (Å²) >= 11 is 7.62. The molecule has 0 spiro atoms. The molecular formula is C13H17ClN2OS. The van der Waals surface area contributed by atoms with E-state index < -0.39 is 0 Å². The number of hydrogen-bond donors (Lipinski definition) is 2. The molecule has 98 valence electrons. The Bertz CT molecular complexity index is 449. The van der Waals surface area contributed by atoms with Gasteiger partial charge in [0.05, 0.1) is 10.6 Å². The van der Waals surface area contributed by atoms with Gasteiger partial charge < -0.3 is 11.1 Å². The van der Waals surface area contributed by atoms with Gasteiger partial charge in [0, 0.05) is 17.5 Å². The summed E-state index contributed by atoms with van der Waals surface area (Å²) in [5, 5.41) is 3.33. The summed E-state index contributed by atoms with van der Waals surface area (Å²) in [5.41, 5.74) is 6.47. The lowest BCUT2D eigenvalue weighted by molar-refractivity contribution is 0.0950. The maximum Gasteiger partial charge on any atom is 0.252 e. The summed E-state index contributed by atoms with van der Waals surface area (Å²) in [4.78, 5) is 13.0. The quantitative estimate of drug-likeness (QED) is 0.817. The van der Waals surface area contributed by atoms with E-state index in [9.17, 15) is 4.79 Å². The lowest BCUT2D eigenvalue weighted by atomic mass is 10.1. The van der Waals surface area contributed by atoms with Crippen LogP contribution in [-0.4, -0.2) is 24.7 Å². The van der Waals surface area contributed by atoms with Crippen LogP contribution in [0.5, 0.6) is 0 Å².